The molecule has 1 aliphatic heterocycles. The van der Waals surface area contributed by atoms with Gasteiger partial charge < -0.3 is 4.74 Å². The summed E-state index contributed by atoms with van der Waals surface area (Å²) in [5.41, 5.74) is 2.15. The van der Waals surface area contributed by atoms with Crippen molar-refractivity contribution >= 4 is 26.8 Å². The molecule has 96 valence electrons. The quantitative estimate of drug-likeness (QED) is 0.740. The van der Waals surface area contributed by atoms with Gasteiger partial charge in [-0.2, -0.15) is 0 Å². The van der Waals surface area contributed by atoms with Crippen molar-refractivity contribution in [3.8, 4) is 0 Å². The van der Waals surface area contributed by atoms with Crippen molar-refractivity contribution in [1.82, 2.24) is 4.98 Å². The second-order valence-electron chi connectivity index (χ2n) is 4.43. The Kier molecular flexibility index (Phi) is 5.14. The Morgan fingerprint density at radius 2 is 2.11 bits per heavy atom. The minimum atomic E-state index is 0.514. The van der Waals surface area contributed by atoms with Crippen molar-refractivity contribution in [3.63, 3.8) is 0 Å². The van der Waals surface area contributed by atoms with E-state index >= 15 is 0 Å². The molecular formula is C15H18BrNO. The lowest BCUT2D eigenvalue weighted by atomic mass is 10.2. The number of pyridine rings is 1. The Bertz CT molecular complexity index is 495. The first-order valence-corrected chi connectivity index (χ1v) is 7.41. The molecule has 2 nitrogen and oxygen atoms in total. The van der Waals surface area contributed by atoms with Crippen LogP contribution in [-0.2, 0) is 4.74 Å². The van der Waals surface area contributed by atoms with E-state index in [0.717, 1.165) is 23.1 Å². The van der Waals surface area contributed by atoms with Gasteiger partial charge in [0.2, 0.25) is 0 Å². The molecular weight excluding hydrogens is 290 g/mol. The Labute approximate surface area is 117 Å². The number of ether oxygens (including phenoxy) is 1. The predicted molar refractivity (Wildman–Crippen MR) is 79.2 cm³/mol. The van der Waals surface area contributed by atoms with Crippen LogP contribution in [0.3, 0.4) is 0 Å². The molecule has 0 aliphatic carbocycles. The zero-order valence-electron chi connectivity index (χ0n) is 10.6. The van der Waals surface area contributed by atoms with E-state index in [1.807, 2.05) is 31.2 Å². The molecule has 0 bridgehead atoms. The van der Waals surface area contributed by atoms with Crippen LogP contribution in [0.2, 0.25) is 0 Å². The number of para-hydroxylation sites is 1. The van der Waals surface area contributed by atoms with Crippen LogP contribution in [0.4, 0.5) is 0 Å². The van der Waals surface area contributed by atoms with E-state index in [1.165, 1.54) is 18.2 Å². The first-order valence-electron chi connectivity index (χ1n) is 6.29. The summed E-state index contributed by atoms with van der Waals surface area (Å²) in [4.78, 5) is 4.38. The molecule has 3 heteroatoms. The fourth-order valence-electron chi connectivity index (χ4n) is 1.93. The largest absolute Gasteiger partial charge is 0.377 e. The monoisotopic (exact) mass is 307 g/mol. The molecule has 3 rings (SSSR count). The smallest absolute Gasteiger partial charge is 0.0705 e. The van der Waals surface area contributed by atoms with Crippen molar-refractivity contribution in [1.29, 1.82) is 0 Å². The molecule has 1 atom stereocenters. The summed E-state index contributed by atoms with van der Waals surface area (Å²) in [6, 6.07) is 12.3. The third kappa shape index (κ3) is 3.79. The number of alkyl halides is 1. The van der Waals surface area contributed by atoms with Crippen LogP contribution in [0.1, 0.15) is 18.5 Å². The van der Waals surface area contributed by atoms with Crippen molar-refractivity contribution in [2.75, 3.05) is 11.9 Å². The Balaban J connectivity index is 0.000000149. The summed E-state index contributed by atoms with van der Waals surface area (Å²) in [7, 11) is 0. The summed E-state index contributed by atoms with van der Waals surface area (Å²) >= 11 is 3.35. The van der Waals surface area contributed by atoms with Gasteiger partial charge in [0.1, 0.15) is 0 Å². The van der Waals surface area contributed by atoms with Crippen molar-refractivity contribution < 1.29 is 4.74 Å². The maximum absolute atomic E-state index is 5.26. The minimum absolute atomic E-state index is 0.514. The Morgan fingerprint density at radius 1 is 1.28 bits per heavy atom. The van der Waals surface area contributed by atoms with Crippen LogP contribution in [0.25, 0.3) is 10.9 Å². The van der Waals surface area contributed by atoms with E-state index < -0.39 is 0 Å². The summed E-state index contributed by atoms with van der Waals surface area (Å²) < 4.78 is 5.26. The summed E-state index contributed by atoms with van der Waals surface area (Å²) in [5, 5.41) is 2.21. The molecule has 1 fully saturated rings. The van der Waals surface area contributed by atoms with Gasteiger partial charge in [0, 0.05) is 23.0 Å². The zero-order valence-corrected chi connectivity index (χ0v) is 12.2. The second-order valence-corrected chi connectivity index (χ2v) is 5.08. The first kappa shape index (κ1) is 13.5. The zero-order chi connectivity index (χ0) is 12.8. The highest BCUT2D eigenvalue weighted by atomic mass is 79.9. The number of fused-ring (bicyclic) bond motifs is 1. The summed E-state index contributed by atoms with van der Waals surface area (Å²) in [5.74, 6) is 0. The van der Waals surface area contributed by atoms with Crippen LogP contribution in [0.5, 0.6) is 0 Å². The standard InChI is InChI=1S/C10H9N.C5H9BrO/c1-8-6-7-9-4-2-3-5-10(9)11-8;6-4-5-2-1-3-7-5/h2-7H,1H3;5H,1-4H2. The van der Waals surface area contributed by atoms with E-state index in [9.17, 15) is 0 Å². The maximum atomic E-state index is 5.26. The SMILES string of the molecule is BrCC1CCCO1.Cc1ccc2ccccc2n1. The van der Waals surface area contributed by atoms with Crippen LogP contribution in [-0.4, -0.2) is 23.0 Å². The van der Waals surface area contributed by atoms with E-state index in [2.05, 4.69) is 33.0 Å². The van der Waals surface area contributed by atoms with Gasteiger partial charge in [0.05, 0.1) is 11.6 Å². The highest BCUT2D eigenvalue weighted by Gasteiger charge is 2.12. The van der Waals surface area contributed by atoms with Gasteiger partial charge >= 0.3 is 0 Å². The number of benzene rings is 1. The maximum Gasteiger partial charge on any atom is 0.0705 e. The van der Waals surface area contributed by atoms with Crippen molar-refractivity contribution in [2.24, 2.45) is 0 Å². The molecule has 0 amide bonds. The normalized spacial score (nSPS) is 18.4. The van der Waals surface area contributed by atoms with Gasteiger partial charge in [-0.05, 0) is 31.9 Å². The van der Waals surface area contributed by atoms with Crippen LogP contribution >= 0.6 is 15.9 Å². The van der Waals surface area contributed by atoms with Gasteiger partial charge in [-0.1, -0.05) is 40.2 Å². The molecule has 1 aromatic carbocycles. The van der Waals surface area contributed by atoms with E-state index in [0.29, 0.717) is 6.10 Å². The van der Waals surface area contributed by atoms with E-state index in [-0.39, 0.29) is 0 Å². The molecule has 1 aromatic heterocycles. The fourth-order valence-corrected chi connectivity index (χ4v) is 2.44. The van der Waals surface area contributed by atoms with Crippen molar-refractivity contribution in [3.05, 3.63) is 42.1 Å². The third-order valence-corrected chi connectivity index (χ3v) is 3.66. The number of rotatable bonds is 1. The van der Waals surface area contributed by atoms with E-state index in [4.69, 9.17) is 4.74 Å². The second kappa shape index (κ2) is 6.86. The molecule has 0 radical (unpaired) electrons. The molecule has 1 unspecified atom stereocenters. The summed E-state index contributed by atoms with van der Waals surface area (Å²) in [6.07, 6.45) is 3.00. The van der Waals surface area contributed by atoms with Gasteiger partial charge in [0.25, 0.3) is 0 Å². The molecule has 1 saturated heterocycles. The van der Waals surface area contributed by atoms with Gasteiger partial charge in [0.15, 0.2) is 0 Å². The number of nitrogens with zero attached hydrogens (tertiary/aromatic N) is 1. The van der Waals surface area contributed by atoms with Crippen LogP contribution in [0, 0.1) is 6.92 Å². The highest BCUT2D eigenvalue weighted by Crippen LogP contribution is 2.13. The number of hydrogen-bond acceptors (Lipinski definition) is 2. The minimum Gasteiger partial charge on any atom is -0.377 e. The highest BCUT2D eigenvalue weighted by molar-refractivity contribution is 9.09. The third-order valence-electron chi connectivity index (χ3n) is 2.93. The lowest BCUT2D eigenvalue weighted by Crippen LogP contribution is -2.04. The number of halogens is 1. The predicted octanol–water partition coefficient (Wildman–Crippen LogP) is 4.10. The number of aromatic nitrogens is 1. The molecule has 0 saturated carbocycles. The topological polar surface area (TPSA) is 22.1 Å². The molecule has 1 aliphatic rings. The van der Waals surface area contributed by atoms with Gasteiger partial charge in [-0.25, -0.2) is 0 Å². The number of aryl methyl sites for hydroxylation is 1. The molecule has 2 aromatic rings. The summed E-state index contributed by atoms with van der Waals surface area (Å²) in [6.45, 7) is 2.97. The molecule has 18 heavy (non-hydrogen) atoms. The Morgan fingerprint density at radius 3 is 2.78 bits per heavy atom. The van der Waals surface area contributed by atoms with Gasteiger partial charge in [-0.3, -0.25) is 4.98 Å². The van der Waals surface area contributed by atoms with E-state index in [1.54, 1.807) is 0 Å². The van der Waals surface area contributed by atoms with Crippen LogP contribution < -0.4 is 0 Å². The Hall–Kier alpha value is -0.930. The van der Waals surface area contributed by atoms with Gasteiger partial charge in [-0.15, -0.1) is 0 Å². The average Bonchev–Trinajstić information content (AvgIpc) is 2.92. The van der Waals surface area contributed by atoms with Crippen molar-refractivity contribution in [2.45, 2.75) is 25.9 Å². The lowest BCUT2D eigenvalue weighted by molar-refractivity contribution is 0.129. The first-order chi connectivity index (χ1) is 8.79. The number of hydrogen-bond donors (Lipinski definition) is 0. The molecule has 2 heterocycles. The average molecular weight is 308 g/mol. The lowest BCUT2D eigenvalue weighted by Gasteiger charge is -2.00. The fraction of sp³-hybridized carbons (Fsp3) is 0.400. The van der Waals surface area contributed by atoms with Crippen LogP contribution in [0.15, 0.2) is 36.4 Å². The molecule has 0 spiro atoms. The molecule has 0 N–H and O–H groups in total.